The number of carbonyl (C=O) groups excluding carboxylic acids is 1. The maximum absolute atomic E-state index is 12.2. The predicted molar refractivity (Wildman–Crippen MR) is 94.6 cm³/mol. The summed E-state index contributed by atoms with van der Waals surface area (Å²) in [7, 11) is 1.56. The molecule has 0 aliphatic rings. The Morgan fingerprint density at radius 3 is 2.81 bits per heavy atom. The van der Waals surface area contributed by atoms with Gasteiger partial charge >= 0.3 is 0 Å². The van der Waals surface area contributed by atoms with Crippen molar-refractivity contribution in [2.75, 3.05) is 18.2 Å². The van der Waals surface area contributed by atoms with E-state index in [1.165, 1.54) is 4.68 Å². The molecule has 0 radical (unpaired) electrons. The molecule has 0 saturated heterocycles. The Morgan fingerprint density at radius 1 is 1.31 bits per heavy atom. The number of carbonyl (C=O) groups is 1. The highest BCUT2D eigenvalue weighted by Crippen LogP contribution is 2.24. The summed E-state index contributed by atoms with van der Waals surface area (Å²) < 4.78 is 11.3. The largest absolute Gasteiger partial charge is 0.538 e. The number of aryl methyl sites for hydroxylation is 1. The van der Waals surface area contributed by atoms with Crippen LogP contribution in [-0.4, -0.2) is 24.0 Å². The monoisotopic (exact) mass is 371 g/mol. The van der Waals surface area contributed by atoms with E-state index in [0.29, 0.717) is 17.1 Å². The quantitative estimate of drug-likeness (QED) is 0.527. The third-order valence-electron chi connectivity index (χ3n) is 3.54. The van der Waals surface area contributed by atoms with Crippen molar-refractivity contribution in [3.05, 3.63) is 54.1 Å². The molecule has 0 saturated carbocycles. The minimum atomic E-state index is -0.579. The maximum Gasteiger partial charge on any atom is 0.298 e. The number of methoxy groups -OCH3 is 1. The molecule has 3 rings (SSSR count). The molecule has 2 aromatic carbocycles. The number of hydrogen-bond donors (Lipinski definition) is 1. The molecule has 26 heavy (non-hydrogen) atoms. The summed E-state index contributed by atoms with van der Waals surface area (Å²) in [5.74, 6) is -0.142. The van der Waals surface area contributed by atoms with Crippen LogP contribution in [0.1, 0.15) is 5.56 Å². The van der Waals surface area contributed by atoms with Gasteiger partial charge in [0.05, 0.1) is 18.1 Å². The average Bonchev–Trinajstić information content (AvgIpc) is 3.01. The summed E-state index contributed by atoms with van der Waals surface area (Å²) >= 11 is 1.07. The molecule has 0 bridgehead atoms. The van der Waals surface area contributed by atoms with Crippen LogP contribution in [0.25, 0.3) is 5.69 Å². The number of rotatable bonds is 6. The van der Waals surface area contributed by atoms with Gasteiger partial charge in [0.15, 0.2) is 5.95 Å². The van der Waals surface area contributed by atoms with E-state index in [-0.39, 0.29) is 16.7 Å². The first kappa shape index (κ1) is 17.8. The summed E-state index contributed by atoms with van der Waals surface area (Å²) in [6, 6.07) is 14.5. The molecule has 1 heterocycles. The van der Waals surface area contributed by atoms with Gasteiger partial charge < -0.3 is 19.7 Å². The molecule has 0 fully saturated rings. The Balaban J connectivity index is 1.68. The van der Waals surface area contributed by atoms with E-state index in [9.17, 15) is 9.90 Å². The molecule has 1 amide bonds. The third-order valence-corrected chi connectivity index (χ3v) is 4.56. The molecular formula is C18H17N3O4S. The van der Waals surface area contributed by atoms with Crippen molar-refractivity contribution in [3.63, 3.8) is 0 Å². The van der Waals surface area contributed by atoms with Crippen LogP contribution >= 0.6 is 11.8 Å². The standard InChI is InChI=1S/C18H17N3O4S/c1-12-6-8-14(9-7-12)21-17(18(23)25-20-21)26-11-16(22)19-13-4-3-5-15(10-13)24-2/h3-10H,11H2,1-2H3,(H-,19,20,22,23). The summed E-state index contributed by atoms with van der Waals surface area (Å²) in [5.41, 5.74) is 2.40. The van der Waals surface area contributed by atoms with E-state index >= 15 is 0 Å². The fourth-order valence-corrected chi connectivity index (χ4v) is 3.00. The zero-order valence-corrected chi connectivity index (χ0v) is 15.1. The topological polar surface area (TPSA) is 91.3 Å². The van der Waals surface area contributed by atoms with Crippen molar-refractivity contribution >= 4 is 23.4 Å². The number of thioether (sulfide) groups is 1. The van der Waals surface area contributed by atoms with Crippen molar-refractivity contribution < 1.29 is 23.8 Å². The summed E-state index contributed by atoms with van der Waals surface area (Å²) in [6.45, 7) is 1.97. The lowest BCUT2D eigenvalue weighted by atomic mass is 10.2. The highest BCUT2D eigenvalue weighted by atomic mass is 32.2. The second kappa shape index (κ2) is 7.92. The SMILES string of the molecule is COc1cccc(NC(=O)CSc2c([O-])on[n+]2-c2ccc(C)cc2)c1. The van der Waals surface area contributed by atoms with Crippen molar-refractivity contribution in [3.8, 4) is 17.4 Å². The molecule has 3 aromatic rings. The number of benzene rings is 2. The van der Waals surface area contributed by atoms with Crippen molar-refractivity contribution in [2.45, 2.75) is 11.9 Å². The second-order valence-electron chi connectivity index (χ2n) is 5.48. The molecule has 1 N–H and O–H groups in total. The van der Waals surface area contributed by atoms with Crippen molar-refractivity contribution in [2.24, 2.45) is 0 Å². The van der Waals surface area contributed by atoms with Gasteiger partial charge in [0.25, 0.3) is 5.03 Å². The normalized spacial score (nSPS) is 10.5. The van der Waals surface area contributed by atoms with Gasteiger partial charge in [-0.1, -0.05) is 23.8 Å². The maximum atomic E-state index is 12.2. The van der Waals surface area contributed by atoms with Crippen LogP contribution in [-0.2, 0) is 4.79 Å². The van der Waals surface area contributed by atoms with Crippen LogP contribution in [0.2, 0.25) is 0 Å². The Labute approximate surface area is 154 Å². The molecule has 0 aliphatic carbocycles. The van der Waals surface area contributed by atoms with Crippen LogP contribution in [0.3, 0.4) is 0 Å². The van der Waals surface area contributed by atoms with E-state index in [4.69, 9.17) is 9.26 Å². The summed E-state index contributed by atoms with van der Waals surface area (Å²) in [6.07, 6.45) is 0. The number of nitrogens with zero attached hydrogens (tertiary/aromatic N) is 2. The van der Waals surface area contributed by atoms with E-state index < -0.39 is 5.95 Å². The zero-order chi connectivity index (χ0) is 18.5. The van der Waals surface area contributed by atoms with Crippen LogP contribution in [0.4, 0.5) is 5.69 Å². The van der Waals surface area contributed by atoms with Gasteiger partial charge in [-0.25, -0.2) is 0 Å². The lowest BCUT2D eigenvalue weighted by Crippen LogP contribution is -2.35. The highest BCUT2D eigenvalue weighted by molar-refractivity contribution is 7.99. The first-order chi connectivity index (χ1) is 12.6. The predicted octanol–water partition coefficient (Wildman–Crippen LogP) is 2.07. The van der Waals surface area contributed by atoms with Crippen LogP contribution in [0.5, 0.6) is 11.7 Å². The highest BCUT2D eigenvalue weighted by Gasteiger charge is 2.22. The lowest BCUT2D eigenvalue weighted by molar-refractivity contribution is -0.705. The Morgan fingerprint density at radius 2 is 2.08 bits per heavy atom. The van der Waals surface area contributed by atoms with Crippen LogP contribution in [0.15, 0.2) is 58.1 Å². The molecule has 0 aliphatic heterocycles. The number of hydrogen-bond acceptors (Lipinski definition) is 6. The van der Waals surface area contributed by atoms with Gasteiger partial charge in [-0.2, -0.15) is 0 Å². The van der Waals surface area contributed by atoms with Gasteiger partial charge in [-0.05, 0) is 35.5 Å². The summed E-state index contributed by atoms with van der Waals surface area (Å²) in [5, 5.41) is 18.7. The minimum Gasteiger partial charge on any atom is -0.538 e. The van der Waals surface area contributed by atoms with E-state index in [1.807, 2.05) is 31.2 Å². The number of nitrogens with one attached hydrogen (secondary N) is 1. The van der Waals surface area contributed by atoms with E-state index in [2.05, 4.69) is 10.6 Å². The van der Waals surface area contributed by atoms with Crippen LogP contribution < -0.4 is 19.8 Å². The van der Waals surface area contributed by atoms with Gasteiger partial charge in [0, 0.05) is 23.9 Å². The van der Waals surface area contributed by atoms with Crippen molar-refractivity contribution in [1.82, 2.24) is 5.27 Å². The molecule has 1 aromatic heterocycles. The molecule has 8 heteroatoms. The number of anilines is 1. The zero-order valence-electron chi connectivity index (χ0n) is 14.3. The molecular weight excluding hydrogens is 354 g/mol. The molecule has 0 atom stereocenters. The molecule has 0 unspecified atom stereocenters. The Bertz CT molecular complexity index is 909. The fraction of sp³-hybridized carbons (Fsp3) is 0.167. The molecule has 7 nitrogen and oxygen atoms in total. The first-order valence-electron chi connectivity index (χ1n) is 7.79. The van der Waals surface area contributed by atoms with Crippen molar-refractivity contribution in [1.29, 1.82) is 0 Å². The minimum absolute atomic E-state index is 0.0412. The van der Waals surface area contributed by atoms with E-state index in [0.717, 1.165) is 17.3 Å². The average molecular weight is 371 g/mol. The number of aromatic nitrogens is 2. The van der Waals surface area contributed by atoms with Gasteiger partial charge in [-0.15, -0.1) is 0 Å². The van der Waals surface area contributed by atoms with Gasteiger partial charge in [0.1, 0.15) is 5.75 Å². The summed E-state index contributed by atoms with van der Waals surface area (Å²) in [4.78, 5) is 12.2. The Hall–Kier alpha value is -3.00. The lowest BCUT2D eigenvalue weighted by Gasteiger charge is -2.06. The van der Waals surface area contributed by atoms with E-state index in [1.54, 1.807) is 31.4 Å². The second-order valence-corrected chi connectivity index (χ2v) is 6.45. The number of amides is 1. The molecule has 0 spiro atoms. The van der Waals surface area contributed by atoms with Gasteiger partial charge in [0.2, 0.25) is 11.6 Å². The van der Waals surface area contributed by atoms with Gasteiger partial charge in [-0.3, -0.25) is 4.79 Å². The van der Waals surface area contributed by atoms with Crippen LogP contribution in [0, 0.1) is 6.92 Å². The number of ether oxygens (including phenoxy) is 1. The fourth-order valence-electron chi connectivity index (χ4n) is 2.24. The first-order valence-corrected chi connectivity index (χ1v) is 8.78. The molecule has 134 valence electrons. The Kier molecular flexibility index (Phi) is 5.43. The third kappa shape index (κ3) is 4.15. The smallest absolute Gasteiger partial charge is 0.298 e.